The lowest BCUT2D eigenvalue weighted by Crippen LogP contribution is -2.42. The first-order valence-electron chi connectivity index (χ1n) is 8.56. The second-order valence-corrected chi connectivity index (χ2v) is 8.18. The largest absolute Gasteiger partial charge is 0.452 e. The lowest BCUT2D eigenvalue weighted by atomic mass is 10.1. The maximum atomic E-state index is 12.9. The molecule has 2 amide bonds. The third-order valence-corrected chi connectivity index (χ3v) is 6.14. The van der Waals surface area contributed by atoms with E-state index in [1.165, 1.54) is 35.5 Å². The molecule has 1 aliphatic rings. The highest BCUT2D eigenvalue weighted by atomic mass is 32.2. The first-order valence-corrected chi connectivity index (χ1v) is 10.0. The van der Waals surface area contributed by atoms with Gasteiger partial charge in [0.15, 0.2) is 6.61 Å². The number of amides is 2. The molecule has 1 atom stereocenters. The van der Waals surface area contributed by atoms with Gasteiger partial charge in [0.2, 0.25) is 15.9 Å². The van der Waals surface area contributed by atoms with Crippen molar-refractivity contribution in [3.63, 3.8) is 0 Å². The van der Waals surface area contributed by atoms with Crippen LogP contribution in [0.1, 0.15) is 43.5 Å². The number of hydrogen-bond acceptors (Lipinski definition) is 6. The number of ether oxygens (including phenoxy) is 1. The summed E-state index contributed by atoms with van der Waals surface area (Å²) in [6.45, 7) is 2.91. The van der Waals surface area contributed by atoms with Crippen molar-refractivity contribution in [1.29, 1.82) is 0 Å². The van der Waals surface area contributed by atoms with Crippen LogP contribution in [0.15, 0.2) is 29.2 Å². The molecular formula is C17H23N3O6S. The van der Waals surface area contributed by atoms with Crippen LogP contribution in [-0.2, 0) is 24.3 Å². The third-order valence-electron chi connectivity index (χ3n) is 4.13. The predicted molar refractivity (Wildman–Crippen MR) is 95.9 cm³/mol. The van der Waals surface area contributed by atoms with Crippen molar-refractivity contribution in [2.45, 2.75) is 44.0 Å². The summed E-state index contributed by atoms with van der Waals surface area (Å²) >= 11 is 0. The van der Waals surface area contributed by atoms with E-state index in [1.54, 1.807) is 0 Å². The second kappa shape index (κ2) is 8.96. The van der Waals surface area contributed by atoms with Gasteiger partial charge in [-0.2, -0.15) is 4.31 Å². The average Bonchev–Trinajstić information content (AvgIpc) is 2.64. The van der Waals surface area contributed by atoms with E-state index < -0.39 is 34.4 Å². The fraction of sp³-hybridized carbons (Fsp3) is 0.471. The molecule has 1 saturated heterocycles. The van der Waals surface area contributed by atoms with E-state index in [0.717, 1.165) is 19.3 Å². The predicted octanol–water partition coefficient (Wildman–Crippen LogP) is 0.574. The number of hydrazine groups is 1. The summed E-state index contributed by atoms with van der Waals surface area (Å²) in [6, 6.07) is 5.43. The number of benzene rings is 1. The Hall–Kier alpha value is -2.46. The quantitative estimate of drug-likeness (QED) is 0.553. The van der Waals surface area contributed by atoms with E-state index in [9.17, 15) is 22.8 Å². The van der Waals surface area contributed by atoms with Crippen LogP contribution in [0.4, 0.5) is 0 Å². The number of sulfonamides is 1. The Morgan fingerprint density at radius 1 is 1.22 bits per heavy atom. The molecule has 0 saturated carbocycles. The van der Waals surface area contributed by atoms with Gasteiger partial charge in [0.05, 0.1) is 10.5 Å². The molecule has 148 valence electrons. The van der Waals surface area contributed by atoms with Crippen LogP contribution >= 0.6 is 0 Å². The Balaban J connectivity index is 2.06. The van der Waals surface area contributed by atoms with Crippen LogP contribution in [0.25, 0.3) is 0 Å². The number of carbonyl (C=O) groups is 3. The maximum absolute atomic E-state index is 12.9. The lowest BCUT2D eigenvalue weighted by molar-refractivity contribution is -0.129. The zero-order valence-electron chi connectivity index (χ0n) is 15.2. The molecule has 0 unspecified atom stereocenters. The number of nitrogens with zero attached hydrogens (tertiary/aromatic N) is 1. The van der Waals surface area contributed by atoms with E-state index in [4.69, 9.17) is 4.74 Å². The Bertz CT molecular complexity index is 824. The zero-order valence-corrected chi connectivity index (χ0v) is 16.0. The van der Waals surface area contributed by atoms with Crippen molar-refractivity contribution >= 4 is 27.8 Å². The highest BCUT2D eigenvalue weighted by molar-refractivity contribution is 7.89. The third kappa shape index (κ3) is 5.51. The van der Waals surface area contributed by atoms with E-state index in [1.807, 2.05) is 6.92 Å². The minimum atomic E-state index is -3.72. The van der Waals surface area contributed by atoms with Crippen LogP contribution in [-0.4, -0.2) is 49.7 Å². The summed E-state index contributed by atoms with van der Waals surface area (Å²) < 4.78 is 32.0. The van der Waals surface area contributed by atoms with Gasteiger partial charge in [-0.25, -0.2) is 13.2 Å². The van der Waals surface area contributed by atoms with Gasteiger partial charge in [-0.3, -0.25) is 20.4 Å². The van der Waals surface area contributed by atoms with Gasteiger partial charge in [0.1, 0.15) is 0 Å². The number of nitrogens with one attached hydrogen (secondary N) is 2. The molecule has 0 aliphatic carbocycles. The first-order chi connectivity index (χ1) is 12.7. The number of carbonyl (C=O) groups excluding carboxylic acids is 3. The normalized spacial score (nSPS) is 17.8. The maximum Gasteiger partial charge on any atom is 0.338 e. The molecule has 0 radical (unpaired) electrons. The van der Waals surface area contributed by atoms with Crippen molar-refractivity contribution in [3.8, 4) is 0 Å². The molecule has 0 bridgehead atoms. The van der Waals surface area contributed by atoms with Crippen LogP contribution in [0.5, 0.6) is 0 Å². The minimum absolute atomic E-state index is 0.00778. The topological polar surface area (TPSA) is 122 Å². The van der Waals surface area contributed by atoms with E-state index in [-0.39, 0.29) is 16.5 Å². The summed E-state index contributed by atoms with van der Waals surface area (Å²) in [5.74, 6) is -2.03. The molecule has 10 heteroatoms. The monoisotopic (exact) mass is 397 g/mol. The Labute approximate surface area is 158 Å². The van der Waals surface area contributed by atoms with Crippen molar-refractivity contribution in [2.24, 2.45) is 0 Å². The summed E-state index contributed by atoms with van der Waals surface area (Å²) in [5, 5.41) is 0. The highest BCUT2D eigenvalue weighted by Crippen LogP contribution is 2.25. The molecule has 1 aromatic rings. The molecule has 2 rings (SSSR count). The van der Waals surface area contributed by atoms with Crippen molar-refractivity contribution in [2.75, 3.05) is 13.2 Å². The molecule has 1 fully saturated rings. The van der Waals surface area contributed by atoms with Gasteiger partial charge in [-0.15, -0.1) is 0 Å². The Kier molecular flexibility index (Phi) is 6.92. The van der Waals surface area contributed by atoms with Crippen molar-refractivity contribution in [3.05, 3.63) is 29.8 Å². The van der Waals surface area contributed by atoms with Crippen molar-refractivity contribution in [1.82, 2.24) is 15.2 Å². The summed E-state index contributed by atoms with van der Waals surface area (Å²) in [4.78, 5) is 34.3. The van der Waals surface area contributed by atoms with Gasteiger partial charge in [0.25, 0.3) is 5.91 Å². The van der Waals surface area contributed by atoms with Crippen LogP contribution in [0, 0.1) is 0 Å². The minimum Gasteiger partial charge on any atom is -0.452 e. The number of hydrogen-bond donors (Lipinski definition) is 2. The molecule has 0 spiro atoms. The molecule has 27 heavy (non-hydrogen) atoms. The number of esters is 1. The van der Waals surface area contributed by atoms with E-state index >= 15 is 0 Å². The van der Waals surface area contributed by atoms with E-state index in [0.29, 0.717) is 6.54 Å². The van der Waals surface area contributed by atoms with Gasteiger partial charge >= 0.3 is 5.97 Å². The second-order valence-electron chi connectivity index (χ2n) is 6.29. The zero-order chi connectivity index (χ0) is 20.0. The molecule has 1 aliphatic heterocycles. The molecule has 9 nitrogen and oxygen atoms in total. The molecule has 0 aromatic heterocycles. The summed E-state index contributed by atoms with van der Waals surface area (Å²) in [5.41, 5.74) is 4.14. The average molecular weight is 397 g/mol. The number of piperidine rings is 1. The summed E-state index contributed by atoms with van der Waals surface area (Å²) in [7, 11) is -3.72. The molecule has 2 N–H and O–H groups in total. The Morgan fingerprint density at radius 2 is 1.96 bits per heavy atom. The van der Waals surface area contributed by atoms with Gasteiger partial charge in [-0.1, -0.05) is 12.5 Å². The summed E-state index contributed by atoms with van der Waals surface area (Å²) in [6.07, 6.45) is 2.58. The Morgan fingerprint density at radius 3 is 2.63 bits per heavy atom. The molecule has 1 aromatic carbocycles. The van der Waals surface area contributed by atoms with Gasteiger partial charge in [-0.05, 0) is 38.0 Å². The number of rotatable bonds is 5. The van der Waals surface area contributed by atoms with Gasteiger partial charge < -0.3 is 4.74 Å². The molecular weight excluding hydrogens is 374 g/mol. The standard InChI is InChI=1S/C17H23N3O6S/c1-12-6-3-4-9-20(12)27(24,25)15-8-5-7-14(10-15)17(23)26-11-16(22)19-18-13(2)21/h5,7-8,10,12H,3-4,6,9,11H2,1-2H3,(H,18,21)(H,19,22)/t12-/m0/s1. The lowest BCUT2D eigenvalue weighted by Gasteiger charge is -2.32. The van der Waals surface area contributed by atoms with Crippen LogP contribution in [0.3, 0.4) is 0 Å². The first kappa shape index (κ1) is 20.8. The van der Waals surface area contributed by atoms with Crippen LogP contribution < -0.4 is 10.9 Å². The molecule has 1 heterocycles. The van der Waals surface area contributed by atoms with Crippen LogP contribution in [0.2, 0.25) is 0 Å². The van der Waals surface area contributed by atoms with E-state index in [2.05, 4.69) is 10.9 Å². The highest BCUT2D eigenvalue weighted by Gasteiger charge is 2.31. The SMILES string of the molecule is CC(=O)NNC(=O)COC(=O)c1cccc(S(=O)(=O)N2CCCC[C@@H]2C)c1. The van der Waals surface area contributed by atoms with Gasteiger partial charge in [0, 0.05) is 19.5 Å². The smallest absolute Gasteiger partial charge is 0.338 e. The fourth-order valence-electron chi connectivity index (χ4n) is 2.76. The fourth-order valence-corrected chi connectivity index (χ4v) is 4.50. The van der Waals surface area contributed by atoms with Crippen molar-refractivity contribution < 1.29 is 27.5 Å².